The van der Waals surface area contributed by atoms with E-state index in [1.807, 2.05) is 41.3 Å². The lowest BCUT2D eigenvalue weighted by Gasteiger charge is -2.36. The predicted molar refractivity (Wildman–Crippen MR) is 115 cm³/mol. The van der Waals surface area contributed by atoms with Crippen LogP contribution in [0.3, 0.4) is 0 Å². The third-order valence-corrected chi connectivity index (χ3v) is 5.58. The standard InChI is InChI=1S/C22H29ClN4O/c1-3-5-18(6-4-2)22(28)27-15-13-26(14-16-27)21-12-11-20(24-25-21)17-7-9-19(23)10-8-17/h7-12,18H,3-6,13-16H2,1-2H3. The number of halogens is 1. The number of benzene rings is 1. The van der Waals surface area contributed by atoms with Crippen LogP contribution in [0.25, 0.3) is 11.3 Å². The number of aromatic nitrogens is 2. The van der Waals surface area contributed by atoms with Gasteiger partial charge in [-0.25, -0.2) is 0 Å². The fourth-order valence-corrected chi connectivity index (χ4v) is 3.90. The van der Waals surface area contributed by atoms with Crippen molar-refractivity contribution >= 4 is 23.3 Å². The van der Waals surface area contributed by atoms with Gasteiger partial charge in [-0.15, -0.1) is 10.2 Å². The van der Waals surface area contributed by atoms with Crippen molar-refractivity contribution in [2.75, 3.05) is 31.1 Å². The molecule has 1 aliphatic rings. The van der Waals surface area contributed by atoms with E-state index in [9.17, 15) is 4.79 Å². The van der Waals surface area contributed by atoms with Crippen LogP contribution in [0.15, 0.2) is 36.4 Å². The number of amides is 1. The van der Waals surface area contributed by atoms with Crippen molar-refractivity contribution in [2.45, 2.75) is 39.5 Å². The number of hydrogen-bond acceptors (Lipinski definition) is 4. The Morgan fingerprint density at radius 2 is 1.61 bits per heavy atom. The number of anilines is 1. The van der Waals surface area contributed by atoms with Crippen LogP contribution >= 0.6 is 11.6 Å². The molecule has 0 radical (unpaired) electrons. The number of hydrogen-bond donors (Lipinski definition) is 0. The Labute approximate surface area is 172 Å². The Balaban J connectivity index is 1.58. The lowest BCUT2D eigenvalue weighted by Crippen LogP contribution is -2.50. The zero-order valence-electron chi connectivity index (χ0n) is 16.8. The SMILES string of the molecule is CCCC(CCC)C(=O)N1CCN(c2ccc(-c3ccc(Cl)cc3)nn2)CC1. The van der Waals surface area contributed by atoms with Crippen molar-refractivity contribution in [1.29, 1.82) is 0 Å². The molecule has 1 aromatic heterocycles. The topological polar surface area (TPSA) is 49.3 Å². The van der Waals surface area contributed by atoms with Crippen molar-refractivity contribution < 1.29 is 4.79 Å². The number of rotatable bonds is 7. The first-order valence-electron chi connectivity index (χ1n) is 10.3. The van der Waals surface area contributed by atoms with E-state index in [0.717, 1.165) is 68.9 Å². The minimum absolute atomic E-state index is 0.181. The first-order chi connectivity index (χ1) is 13.6. The molecule has 0 aliphatic carbocycles. The average molecular weight is 401 g/mol. The van der Waals surface area contributed by atoms with Crippen LogP contribution in [0.2, 0.25) is 5.02 Å². The van der Waals surface area contributed by atoms with E-state index < -0.39 is 0 Å². The number of carbonyl (C=O) groups excluding carboxylic acids is 1. The lowest BCUT2D eigenvalue weighted by molar-refractivity contribution is -0.136. The summed E-state index contributed by atoms with van der Waals surface area (Å²) in [6.45, 7) is 7.41. The molecule has 0 bridgehead atoms. The molecule has 0 spiro atoms. The summed E-state index contributed by atoms with van der Waals surface area (Å²) in [7, 11) is 0. The average Bonchev–Trinajstić information content (AvgIpc) is 2.74. The van der Waals surface area contributed by atoms with Gasteiger partial charge in [0.1, 0.15) is 0 Å². The number of nitrogens with zero attached hydrogens (tertiary/aromatic N) is 4. The van der Waals surface area contributed by atoms with Crippen molar-refractivity contribution in [2.24, 2.45) is 5.92 Å². The zero-order valence-corrected chi connectivity index (χ0v) is 17.5. The molecular formula is C22H29ClN4O. The van der Waals surface area contributed by atoms with E-state index in [-0.39, 0.29) is 5.92 Å². The highest BCUT2D eigenvalue weighted by molar-refractivity contribution is 6.30. The largest absolute Gasteiger partial charge is 0.352 e. The van der Waals surface area contributed by atoms with E-state index >= 15 is 0 Å². The summed E-state index contributed by atoms with van der Waals surface area (Å²) in [5.41, 5.74) is 1.83. The molecule has 0 N–H and O–H groups in total. The smallest absolute Gasteiger partial charge is 0.225 e. The molecule has 1 amide bonds. The first kappa shape index (κ1) is 20.6. The van der Waals surface area contributed by atoms with Gasteiger partial charge in [-0.1, -0.05) is 50.4 Å². The highest BCUT2D eigenvalue weighted by Gasteiger charge is 2.27. The molecule has 2 heterocycles. The number of piperazine rings is 1. The Morgan fingerprint density at radius 3 is 2.14 bits per heavy atom. The summed E-state index contributed by atoms with van der Waals surface area (Å²) in [5.74, 6) is 1.37. The van der Waals surface area contributed by atoms with E-state index in [1.54, 1.807) is 0 Å². The summed E-state index contributed by atoms with van der Waals surface area (Å²) in [5, 5.41) is 9.48. The summed E-state index contributed by atoms with van der Waals surface area (Å²) < 4.78 is 0. The molecule has 150 valence electrons. The molecule has 1 aliphatic heterocycles. The van der Waals surface area contributed by atoms with Crippen LogP contribution in [0.4, 0.5) is 5.82 Å². The van der Waals surface area contributed by atoms with Crippen LogP contribution in [0, 0.1) is 5.92 Å². The van der Waals surface area contributed by atoms with E-state index in [1.165, 1.54) is 0 Å². The first-order valence-corrected chi connectivity index (χ1v) is 10.6. The van der Waals surface area contributed by atoms with Crippen molar-refractivity contribution in [1.82, 2.24) is 15.1 Å². The molecule has 0 atom stereocenters. The highest BCUT2D eigenvalue weighted by Crippen LogP contribution is 2.22. The molecule has 2 aromatic rings. The summed E-state index contributed by atoms with van der Waals surface area (Å²) >= 11 is 5.94. The Kier molecular flexibility index (Phi) is 7.26. The van der Waals surface area contributed by atoms with Gasteiger partial charge in [0, 0.05) is 42.7 Å². The summed E-state index contributed by atoms with van der Waals surface area (Å²) in [4.78, 5) is 17.1. The molecule has 1 saturated heterocycles. The molecule has 5 nitrogen and oxygen atoms in total. The van der Waals surface area contributed by atoms with Crippen LogP contribution in [0.1, 0.15) is 39.5 Å². The molecule has 28 heavy (non-hydrogen) atoms. The van der Waals surface area contributed by atoms with Gasteiger partial charge in [0.05, 0.1) is 5.69 Å². The molecular weight excluding hydrogens is 372 g/mol. The predicted octanol–water partition coefficient (Wildman–Crippen LogP) is 4.66. The molecule has 0 saturated carbocycles. The van der Waals surface area contributed by atoms with Crippen molar-refractivity contribution in [3.63, 3.8) is 0 Å². The number of carbonyl (C=O) groups is 1. The van der Waals surface area contributed by atoms with E-state index in [4.69, 9.17) is 11.6 Å². The van der Waals surface area contributed by atoms with Crippen LogP contribution in [-0.4, -0.2) is 47.2 Å². The normalized spacial score (nSPS) is 14.6. The zero-order chi connectivity index (χ0) is 19.9. The molecule has 1 aromatic carbocycles. The van der Waals surface area contributed by atoms with Crippen molar-refractivity contribution in [3.8, 4) is 11.3 Å². The van der Waals surface area contributed by atoms with Crippen LogP contribution in [-0.2, 0) is 4.79 Å². The van der Waals surface area contributed by atoms with Gasteiger partial charge in [0.2, 0.25) is 5.91 Å². The molecule has 1 fully saturated rings. The molecule has 6 heteroatoms. The van der Waals surface area contributed by atoms with Crippen LogP contribution < -0.4 is 4.90 Å². The third-order valence-electron chi connectivity index (χ3n) is 5.33. The maximum absolute atomic E-state index is 12.8. The Morgan fingerprint density at radius 1 is 0.964 bits per heavy atom. The minimum Gasteiger partial charge on any atom is -0.352 e. The van der Waals surface area contributed by atoms with Gasteiger partial charge in [0.15, 0.2) is 5.82 Å². The third kappa shape index (κ3) is 5.02. The Bertz CT molecular complexity index is 749. The second-order valence-electron chi connectivity index (χ2n) is 7.37. The van der Waals surface area contributed by atoms with Gasteiger partial charge in [0.25, 0.3) is 0 Å². The Hall–Kier alpha value is -2.14. The second-order valence-corrected chi connectivity index (χ2v) is 7.81. The fourth-order valence-electron chi connectivity index (χ4n) is 3.77. The molecule has 3 rings (SSSR count). The second kappa shape index (κ2) is 9.87. The monoisotopic (exact) mass is 400 g/mol. The van der Waals surface area contributed by atoms with Gasteiger partial charge in [-0.2, -0.15) is 0 Å². The van der Waals surface area contributed by atoms with Crippen molar-refractivity contribution in [3.05, 3.63) is 41.4 Å². The van der Waals surface area contributed by atoms with E-state index in [2.05, 4.69) is 28.9 Å². The quantitative estimate of drug-likeness (QED) is 0.678. The highest BCUT2D eigenvalue weighted by atomic mass is 35.5. The maximum atomic E-state index is 12.8. The maximum Gasteiger partial charge on any atom is 0.225 e. The summed E-state index contributed by atoms with van der Waals surface area (Å²) in [6.07, 6.45) is 4.10. The van der Waals surface area contributed by atoms with E-state index in [0.29, 0.717) is 10.9 Å². The van der Waals surface area contributed by atoms with Gasteiger partial charge in [-0.05, 0) is 37.1 Å². The summed E-state index contributed by atoms with van der Waals surface area (Å²) in [6, 6.07) is 11.6. The van der Waals surface area contributed by atoms with Gasteiger partial charge >= 0.3 is 0 Å². The lowest BCUT2D eigenvalue weighted by atomic mass is 9.96. The van der Waals surface area contributed by atoms with Crippen LogP contribution in [0.5, 0.6) is 0 Å². The minimum atomic E-state index is 0.181. The molecule has 0 unspecified atom stereocenters. The fraction of sp³-hybridized carbons (Fsp3) is 0.500. The van der Waals surface area contributed by atoms with Gasteiger partial charge < -0.3 is 9.80 Å². The van der Waals surface area contributed by atoms with Gasteiger partial charge in [-0.3, -0.25) is 4.79 Å².